The Bertz CT molecular complexity index is 764. The highest BCUT2D eigenvalue weighted by molar-refractivity contribution is 6.32. The Morgan fingerprint density at radius 1 is 1.35 bits per heavy atom. The maximum Gasteiger partial charge on any atom is 0.328 e. The first-order chi connectivity index (χ1) is 9.58. The Morgan fingerprint density at radius 2 is 2.05 bits per heavy atom. The van der Waals surface area contributed by atoms with E-state index in [4.69, 9.17) is 27.2 Å². The number of benzene rings is 1. The Labute approximate surface area is 120 Å². The molecule has 4 nitrogen and oxygen atoms in total. The third-order valence-corrected chi connectivity index (χ3v) is 3.57. The number of carboxylic acid groups (broad SMARTS) is 1. The monoisotopic (exact) mass is 289 g/mol. The van der Waals surface area contributed by atoms with Crippen LogP contribution in [0, 0.1) is 0 Å². The molecule has 1 aliphatic heterocycles. The molecule has 2 unspecified atom stereocenters. The molecule has 3 rings (SSSR count). The van der Waals surface area contributed by atoms with E-state index in [0.29, 0.717) is 10.3 Å². The van der Waals surface area contributed by atoms with Gasteiger partial charge >= 0.3 is 5.97 Å². The minimum Gasteiger partial charge on any atom is -0.483 e. The van der Waals surface area contributed by atoms with Gasteiger partial charge in [-0.1, -0.05) is 35.9 Å². The maximum atomic E-state index is 11.1. The molecule has 0 bridgehead atoms. The van der Waals surface area contributed by atoms with E-state index >= 15 is 0 Å². The summed E-state index contributed by atoms with van der Waals surface area (Å²) in [6, 6.07) is 6.23. The number of hydrogen-bond donors (Lipinski definition) is 2. The summed E-state index contributed by atoms with van der Waals surface area (Å²) in [4.78, 5) is 11.1. The molecule has 0 spiro atoms. The van der Waals surface area contributed by atoms with E-state index in [1.807, 2.05) is 24.3 Å². The average molecular weight is 290 g/mol. The molecule has 1 heterocycles. The molecule has 5 heteroatoms. The van der Waals surface area contributed by atoms with Crippen molar-refractivity contribution in [3.63, 3.8) is 0 Å². The van der Waals surface area contributed by atoms with E-state index in [-0.39, 0.29) is 11.9 Å². The summed E-state index contributed by atoms with van der Waals surface area (Å²) in [5, 5.41) is 11.3. The number of ether oxygens (including phenoxy) is 1. The average Bonchev–Trinajstić information content (AvgIpc) is 2.45. The van der Waals surface area contributed by atoms with Crippen LogP contribution >= 0.6 is 11.6 Å². The summed E-state index contributed by atoms with van der Waals surface area (Å²) in [7, 11) is 0. The predicted octanol–water partition coefficient (Wildman–Crippen LogP) is 0.449. The summed E-state index contributed by atoms with van der Waals surface area (Å²) in [5.41, 5.74) is 6.63. The number of carboxylic acids is 1. The lowest BCUT2D eigenvalue weighted by Gasteiger charge is -2.27. The third-order valence-electron chi connectivity index (χ3n) is 3.34. The molecule has 0 saturated heterocycles. The lowest BCUT2D eigenvalue weighted by molar-refractivity contribution is -0.137. The van der Waals surface area contributed by atoms with Crippen molar-refractivity contribution in [2.75, 3.05) is 0 Å². The van der Waals surface area contributed by atoms with Crippen molar-refractivity contribution in [2.24, 2.45) is 5.73 Å². The van der Waals surface area contributed by atoms with Gasteiger partial charge in [0.25, 0.3) is 0 Å². The van der Waals surface area contributed by atoms with Crippen LogP contribution in [0.5, 0.6) is 0 Å². The molecule has 1 aromatic rings. The summed E-state index contributed by atoms with van der Waals surface area (Å²) < 4.78 is 5.77. The van der Waals surface area contributed by atoms with Gasteiger partial charge in [-0.05, 0) is 23.4 Å². The quantitative estimate of drug-likeness (QED) is 0.829. The van der Waals surface area contributed by atoms with Gasteiger partial charge in [0.2, 0.25) is 0 Å². The number of aliphatic carboxylic acids is 1. The topological polar surface area (TPSA) is 72.6 Å². The fraction of sp³-hybridized carbons (Fsp3) is 0.133. The predicted molar refractivity (Wildman–Crippen MR) is 76.1 cm³/mol. The van der Waals surface area contributed by atoms with Crippen LogP contribution in [0.3, 0.4) is 0 Å². The number of allylic oxidation sites excluding steroid dienone is 2. The van der Waals surface area contributed by atoms with Gasteiger partial charge in [0.05, 0.1) is 0 Å². The number of rotatable bonds is 2. The van der Waals surface area contributed by atoms with E-state index in [1.165, 1.54) is 0 Å². The normalized spacial score (nSPS) is 21.5. The molecular formula is C15H12ClNO3. The molecule has 102 valence electrons. The van der Waals surface area contributed by atoms with Gasteiger partial charge in [-0.25, -0.2) is 0 Å². The molecule has 2 aliphatic rings. The van der Waals surface area contributed by atoms with Crippen molar-refractivity contribution in [1.29, 1.82) is 0 Å². The van der Waals surface area contributed by atoms with Gasteiger partial charge in [0.15, 0.2) is 6.04 Å². The lowest BCUT2D eigenvalue weighted by atomic mass is 9.96. The number of fused-ring (bicyclic) bond motifs is 2. The fourth-order valence-electron chi connectivity index (χ4n) is 2.40. The molecular weight excluding hydrogens is 278 g/mol. The number of nitrogens with two attached hydrogens (primary N) is 1. The zero-order chi connectivity index (χ0) is 14.3. The van der Waals surface area contributed by atoms with Crippen molar-refractivity contribution in [2.45, 2.75) is 12.1 Å². The smallest absolute Gasteiger partial charge is 0.328 e. The van der Waals surface area contributed by atoms with Crippen LogP contribution in [0.4, 0.5) is 0 Å². The van der Waals surface area contributed by atoms with Gasteiger partial charge < -0.3 is 15.6 Å². The highest BCUT2D eigenvalue weighted by Gasteiger charge is 2.28. The Kier molecular flexibility index (Phi) is 3.12. The van der Waals surface area contributed by atoms with E-state index in [0.717, 1.165) is 10.8 Å². The van der Waals surface area contributed by atoms with Crippen molar-refractivity contribution in [1.82, 2.24) is 0 Å². The van der Waals surface area contributed by atoms with Crippen LogP contribution in [0.25, 0.3) is 11.3 Å². The fourth-order valence-corrected chi connectivity index (χ4v) is 2.59. The molecule has 0 radical (unpaired) electrons. The maximum absolute atomic E-state index is 11.1. The van der Waals surface area contributed by atoms with Crippen LogP contribution in [0.1, 0.15) is 0 Å². The SMILES string of the molecule is NC(C(=O)O)C1=c2ccccc2=C2C=C(Cl)C=CC2O1. The zero-order valence-electron chi connectivity index (χ0n) is 10.4. The Balaban J connectivity index is 2.35. The number of halogens is 1. The second-order valence-electron chi connectivity index (χ2n) is 4.61. The van der Waals surface area contributed by atoms with Crippen LogP contribution in [0.2, 0.25) is 0 Å². The summed E-state index contributed by atoms with van der Waals surface area (Å²) in [5.74, 6) is -0.843. The van der Waals surface area contributed by atoms with Crippen LogP contribution in [-0.4, -0.2) is 23.2 Å². The van der Waals surface area contributed by atoms with E-state index < -0.39 is 12.0 Å². The van der Waals surface area contributed by atoms with Crippen molar-refractivity contribution >= 4 is 28.9 Å². The van der Waals surface area contributed by atoms with Gasteiger partial charge in [-0.15, -0.1) is 0 Å². The third kappa shape index (κ3) is 2.03. The Morgan fingerprint density at radius 3 is 2.75 bits per heavy atom. The molecule has 1 aromatic carbocycles. The lowest BCUT2D eigenvalue weighted by Crippen LogP contribution is -2.45. The summed E-state index contributed by atoms with van der Waals surface area (Å²) in [6.45, 7) is 0. The highest BCUT2D eigenvalue weighted by atomic mass is 35.5. The molecule has 0 aromatic heterocycles. The zero-order valence-corrected chi connectivity index (χ0v) is 11.2. The first kappa shape index (κ1) is 13.0. The Hall–Kier alpha value is -2.04. The van der Waals surface area contributed by atoms with Crippen LogP contribution in [-0.2, 0) is 9.53 Å². The first-order valence-electron chi connectivity index (χ1n) is 6.12. The largest absolute Gasteiger partial charge is 0.483 e. The van der Waals surface area contributed by atoms with Gasteiger partial charge in [0.1, 0.15) is 11.9 Å². The van der Waals surface area contributed by atoms with Gasteiger partial charge in [-0.3, -0.25) is 4.79 Å². The van der Waals surface area contributed by atoms with E-state index in [1.54, 1.807) is 18.2 Å². The molecule has 0 amide bonds. The van der Waals surface area contributed by atoms with Gasteiger partial charge in [0, 0.05) is 15.8 Å². The van der Waals surface area contributed by atoms with Crippen molar-refractivity contribution in [3.8, 4) is 0 Å². The van der Waals surface area contributed by atoms with E-state index in [2.05, 4.69) is 0 Å². The molecule has 2 atom stereocenters. The highest BCUT2D eigenvalue weighted by Crippen LogP contribution is 2.25. The molecule has 1 aliphatic carbocycles. The standard InChI is InChI=1S/C15H12ClNO3/c16-8-5-6-12-11(7-8)9-3-1-2-4-10(9)14(20-12)13(17)15(18)19/h1-7,12-13H,17H2,(H,18,19). The number of hydrogen-bond acceptors (Lipinski definition) is 3. The van der Waals surface area contributed by atoms with Crippen LogP contribution in [0.15, 0.2) is 47.5 Å². The molecule has 3 N–H and O–H groups in total. The summed E-state index contributed by atoms with van der Waals surface area (Å²) >= 11 is 6.02. The van der Waals surface area contributed by atoms with Gasteiger partial charge in [-0.2, -0.15) is 0 Å². The first-order valence-corrected chi connectivity index (χ1v) is 6.49. The second kappa shape index (κ2) is 4.81. The molecule has 0 fully saturated rings. The van der Waals surface area contributed by atoms with Crippen LogP contribution < -0.4 is 16.2 Å². The second-order valence-corrected chi connectivity index (χ2v) is 5.04. The number of carbonyl (C=O) groups is 1. The van der Waals surface area contributed by atoms with E-state index in [9.17, 15) is 4.79 Å². The molecule has 20 heavy (non-hydrogen) atoms. The van der Waals surface area contributed by atoms with Crippen molar-refractivity contribution < 1.29 is 14.6 Å². The minimum atomic E-state index is -1.19. The molecule has 0 saturated carbocycles. The van der Waals surface area contributed by atoms with Crippen molar-refractivity contribution in [3.05, 3.63) is 58.0 Å². The minimum absolute atomic E-state index is 0.276. The summed E-state index contributed by atoms with van der Waals surface area (Å²) in [6.07, 6.45) is 5.00.